The quantitative estimate of drug-likeness (QED) is 0.171. The van der Waals surface area contributed by atoms with Gasteiger partial charge in [0.1, 0.15) is 15.9 Å². The van der Waals surface area contributed by atoms with Crippen LogP contribution in [0.25, 0.3) is 0 Å². The monoisotopic (exact) mass is 440 g/mol. The number of carbonyl (C=O) groups excluding carboxylic acids is 3. The predicted molar refractivity (Wildman–Crippen MR) is 96.4 cm³/mol. The van der Waals surface area contributed by atoms with E-state index in [2.05, 4.69) is 15.5 Å². The minimum atomic E-state index is -4.65. The van der Waals surface area contributed by atoms with E-state index in [-0.39, 0.29) is 59.3 Å². The Morgan fingerprint density at radius 3 is 2.43 bits per heavy atom. The molecule has 0 radical (unpaired) electrons. The van der Waals surface area contributed by atoms with Crippen molar-refractivity contribution in [2.24, 2.45) is 5.10 Å². The van der Waals surface area contributed by atoms with E-state index in [0.29, 0.717) is 5.06 Å². The molecule has 0 bridgehead atoms. The molecule has 30 heavy (non-hydrogen) atoms. The second-order valence-electron chi connectivity index (χ2n) is 5.75. The summed E-state index contributed by atoms with van der Waals surface area (Å²) in [5, 5.41) is 4.24. The van der Waals surface area contributed by atoms with Crippen LogP contribution in [0.3, 0.4) is 0 Å². The first-order valence-corrected chi connectivity index (χ1v) is 9.54. The minimum Gasteiger partial charge on any atom is -0.744 e. The third kappa shape index (κ3) is 5.70. The van der Waals surface area contributed by atoms with E-state index in [1.807, 2.05) is 0 Å². The average Bonchev–Trinajstić information content (AvgIpc) is 3.00. The topological polar surface area (TPSA) is 158 Å². The van der Waals surface area contributed by atoms with E-state index < -0.39 is 32.8 Å². The molecular weight excluding hydrogens is 427 g/mol. The summed E-state index contributed by atoms with van der Waals surface area (Å²) in [6, 6.07) is 8.23. The number of anilines is 1. The van der Waals surface area contributed by atoms with Crippen LogP contribution in [0.5, 0.6) is 0 Å². The Hall–Kier alpha value is -2.64. The Bertz CT molecular complexity index is 1090. The van der Waals surface area contributed by atoms with Gasteiger partial charge in [-0.2, -0.15) is 5.10 Å². The van der Waals surface area contributed by atoms with Gasteiger partial charge in [-0.3, -0.25) is 15.0 Å². The molecule has 1 aromatic carbocycles. The van der Waals surface area contributed by atoms with E-state index >= 15 is 0 Å². The smallest absolute Gasteiger partial charge is 0.744 e. The van der Waals surface area contributed by atoms with Gasteiger partial charge in [-0.25, -0.2) is 18.2 Å². The second kappa shape index (κ2) is 9.91. The maximum absolute atomic E-state index is 12.0. The number of carbonyl (C=O) groups is 3. The van der Waals surface area contributed by atoms with Crippen molar-refractivity contribution in [3.05, 3.63) is 53.7 Å². The molecule has 0 spiro atoms. The number of hydrazone groups is 1. The van der Waals surface area contributed by atoms with Crippen LogP contribution in [0.4, 0.5) is 5.82 Å². The Labute approximate surface area is 193 Å². The Morgan fingerprint density at radius 1 is 1.17 bits per heavy atom. The predicted octanol–water partition coefficient (Wildman–Crippen LogP) is -2.34. The molecular formula is C17H13N4NaO7S. The van der Waals surface area contributed by atoms with Gasteiger partial charge in [0.25, 0.3) is 11.8 Å². The SMILES string of the molecule is O=C(ON1C(=O)CCC1=O)c1ccc(NN=Cc2ccccc2S(=O)(=O)[O-])nc1.[Na+]. The van der Waals surface area contributed by atoms with Crippen molar-refractivity contribution in [3.63, 3.8) is 0 Å². The molecule has 11 nitrogen and oxygen atoms in total. The number of hydrogen-bond donors (Lipinski definition) is 1. The molecule has 2 aromatic rings. The van der Waals surface area contributed by atoms with Crippen molar-refractivity contribution in [3.8, 4) is 0 Å². The van der Waals surface area contributed by atoms with Crippen molar-refractivity contribution in [1.82, 2.24) is 10.0 Å². The Kier molecular flexibility index (Phi) is 7.81. The van der Waals surface area contributed by atoms with Gasteiger partial charge in [0.05, 0.1) is 16.7 Å². The van der Waals surface area contributed by atoms with E-state index in [0.717, 1.165) is 18.5 Å². The van der Waals surface area contributed by atoms with Gasteiger partial charge in [-0.15, -0.1) is 5.06 Å². The molecule has 2 amide bonds. The standard InChI is InChI=1S/C17H14N4O7S.Na/c22-15-7-8-16(23)21(15)28-17(24)12-5-6-14(18-9-12)20-19-10-11-3-1-2-4-13(11)29(25,26)27;/h1-6,9-10H,7-8H2,(H,18,20)(H,25,26,27);/q;+1/p-1. The van der Waals surface area contributed by atoms with E-state index in [4.69, 9.17) is 4.84 Å². The Balaban J connectivity index is 0.00000320. The van der Waals surface area contributed by atoms with E-state index in [1.54, 1.807) is 6.07 Å². The molecule has 1 N–H and O–H groups in total. The number of hydroxylamine groups is 2. The molecule has 3 rings (SSSR count). The summed E-state index contributed by atoms with van der Waals surface area (Å²) in [6.07, 6.45) is 2.25. The van der Waals surface area contributed by atoms with E-state index in [1.165, 1.54) is 24.3 Å². The summed E-state index contributed by atoms with van der Waals surface area (Å²) in [5.41, 5.74) is 2.60. The molecule has 0 atom stereocenters. The van der Waals surface area contributed by atoms with Crippen LogP contribution in [0.15, 0.2) is 52.6 Å². The molecule has 1 aliphatic rings. The number of nitrogens with zero attached hydrogens (tertiary/aromatic N) is 3. The van der Waals surface area contributed by atoms with Crippen LogP contribution in [0.1, 0.15) is 28.8 Å². The van der Waals surface area contributed by atoms with Crippen LogP contribution < -0.4 is 35.0 Å². The molecule has 2 heterocycles. The molecule has 13 heteroatoms. The number of aromatic nitrogens is 1. The van der Waals surface area contributed by atoms with E-state index in [9.17, 15) is 27.4 Å². The summed E-state index contributed by atoms with van der Waals surface area (Å²) in [7, 11) is -4.65. The summed E-state index contributed by atoms with van der Waals surface area (Å²) in [6.45, 7) is 0. The van der Waals surface area contributed by atoms with Crippen molar-refractivity contribution >= 4 is 39.9 Å². The van der Waals surface area contributed by atoms with Crippen LogP contribution in [0, 0.1) is 0 Å². The molecule has 1 fully saturated rings. The first kappa shape index (κ1) is 23.6. The maximum atomic E-state index is 12.0. The summed E-state index contributed by atoms with van der Waals surface area (Å²) >= 11 is 0. The van der Waals surface area contributed by atoms with Gasteiger partial charge in [0.2, 0.25) is 0 Å². The van der Waals surface area contributed by atoms with Gasteiger partial charge in [-0.05, 0) is 18.2 Å². The van der Waals surface area contributed by atoms with Crippen LogP contribution >= 0.6 is 0 Å². The van der Waals surface area contributed by atoms with Gasteiger partial charge in [0, 0.05) is 24.6 Å². The molecule has 150 valence electrons. The number of hydrogen-bond acceptors (Lipinski definition) is 10. The number of rotatable bonds is 6. The second-order valence-corrected chi connectivity index (χ2v) is 7.10. The van der Waals surface area contributed by atoms with Crippen molar-refractivity contribution < 1.29 is 61.7 Å². The summed E-state index contributed by atoms with van der Waals surface area (Å²) < 4.78 is 33.6. The fourth-order valence-electron chi connectivity index (χ4n) is 2.36. The normalized spacial score (nSPS) is 14.0. The number of pyridine rings is 1. The van der Waals surface area contributed by atoms with Crippen LogP contribution in [0.2, 0.25) is 0 Å². The van der Waals surface area contributed by atoms with Crippen molar-refractivity contribution in [2.45, 2.75) is 17.7 Å². The molecule has 1 aromatic heterocycles. The molecule has 1 aliphatic heterocycles. The fraction of sp³-hybridized carbons (Fsp3) is 0.118. The van der Waals surface area contributed by atoms with Crippen molar-refractivity contribution in [2.75, 3.05) is 5.43 Å². The molecule has 0 aliphatic carbocycles. The minimum absolute atomic E-state index is 0. The average molecular weight is 440 g/mol. The fourth-order valence-corrected chi connectivity index (χ4v) is 3.01. The van der Waals surface area contributed by atoms with Crippen LogP contribution in [-0.2, 0) is 24.5 Å². The summed E-state index contributed by atoms with van der Waals surface area (Å²) in [5.74, 6) is -1.91. The number of imide groups is 1. The van der Waals surface area contributed by atoms with Crippen molar-refractivity contribution in [1.29, 1.82) is 0 Å². The zero-order valence-electron chi connectivity index (χ0n) is 15.6. The zero-order valence-corrected chi connectivity index (χ0v) is 18.5. The van der Waals surface area contributed by atoms with Gasteiger partial charge >= 0.3 is 35.5 Å². The first-order chi connectivity index (χ1) is 13.8. The third-order valence-electron chi connectivity index (χ3n) is 3.75. The first-order valence-electron chi connectivity index (χ1n) is 8.14. The maximum Gasteiger partial charge on any atom is 1.00 e. The molecule has 0 saturated carbocycles. The third-order valence-corrected chi connectivity index (χ3v) is 4.66. The number of amides is 2. The number of nitrogens with one attached hydrogen (secondary N) is 1. The van der Waals surface area contributed by atoms with Gasteiger partial charge in [-0.1, -0.05) is 18.2 Å². The van der Waals surface area contributed by atoms with Gasteiger partial charge in [0.15, 0.2) is 0 Å². The molecule has 1 saturated heterocycles. The van der Waals surface area contributed by atoms with Gasteiger partial charge < -0.3 is 9.39 Å². The summed E-state index contributed by atoms with van der Waals surface area (Å²) in [4.78, 5) is 43.2. The largest absolute Gasteiger partial charge is 1.00 e. The van der Waals surface area contributed by atoms with Crippen LogP contribution in [-0.4, -0.2) is 47.0 Å². The number of benzene rings is 1. The Morgan fingerprint density at radius 2 is 1.83 bits per heavy atom. The molecule has 0 unspecified atom stereocenters. The zero-order chi connectivity index (χ0) is 21.0.